The second kappa shape index (κ2) is 11.0. The molecule has 0 spiro atoms. The van der Waals surface area contributed by atoms with Crippen molar-refractivity contribution in [1.82, 2.24) is 0 Å². The summed E-state index contributed by atoms with van der Waals surface area (Å²) in [5, 5.41) is 2.22. The summed E-state index contributed by atoms with van der Waals surface area (Å²) in [7, 11) is -2.27. The summed E-state index contributed by atoms with van der Waals surface area (Å²) >= 11 is 0. The number of carbonyl (C=O) groups excluding carboxylic acids is 2. The number of nitrogens with one attached hydrogen (secondary N) is 2. The largest absolute Gasteiger partial charge is 0.489 e. The van der Waals surface area contributed by atoms with E-state index < -0.39 is 40.2 Å². The van der Waals surface area contributed by atoms with Gasteiger partial charge in [-0.2, -0.15) is 13.2 Å². The SMILES string of the molecule is COCCOc1ccc(C(F)(F)F)cc1NC(=O)COC(=O)c1ccccc1NS(C)(=O)=O. The normalized spacial score (nSPS) is 11.5. The fourth-order valence-corrected chi connectivity index (χ4v) is 3.09. The molecule has 2 aromatic rings. The third kappa shape index (κ3) is 8.27. The minimum absolute atomic E-state index is 0.0177. The van der Waals surface area contributed by atoms with Gasteiger partial charge in [-0.15, -0.1) is 0 Å². The molecule has 13 heteroatoms. The molecule has 1 amide bonds. The third-order valence-electron chi connectivity index (χ3n) is 3.90. The number of carbonyl (C=O) groups is 2. The van der Waals surface area contributed by atoms with E-state index in [1.807, 2.05) is 0 Å². The van der Waals surface area contributed by atoms with Crippen molar-refractivity contribution >= 4 is 33.3 Å². The van der Waals surface area contributed by atoms with Crippen molar-refractivity contribution in [2.24, 2.45) is 0 Å². The molecule has 9 nitrogen and oxygen atoms in total. The van der Waals surface area contributed by atoms with Gasteiger partial charge in [-0.1, -0.05) is 12.1 Å². The van der Waals surface area contributed by atoms with Crippen molar-refractivity contribution in [3.05, 3.63) is 53.6 Å². The molecule has 2 N–H and O–H groups in total. The minimum atomic E-state index is -4.66. The van der Waals surface area contributed by atoms with Crippen LogP contribution < -0.4 is 14.8 Å². The molecule has 180 valence electrons. The zero-order chi connectivity index (χ0) is 24.6. The molecule has 2 rings (SSSR count). The smallest absolute Gasteiger partial charge is 0.416 e. The van der Waals surface area contributed by atoms with Gasteiger partial charge in [-0.25, -0.2) is 13.2 Å². The molecule has 0 saturated heterocycles. The first kappa shape index (κ1) is 25.9. The molecule has 0 fully saturated rings. The van der Waals surface area contributed by atoms with E-state index in [2.05, 4.69) is 10.0 Å². The summed E-state index contributed by atoms with van der Waals surface area (Å²) in [5.74, 6) is -1.99. The molecule has 0 aliphatic carbocycles. The number of esters is 1. The predicted octanol–water partition coefficient (Wildman–Crippen LogP) is 2.90. The predicted molar refractivity (Wildman–Crippen MR) is 113 cm³/mol. The number of ether oxygens (including phenoxy) is 3. The summed E-state index contributed by atoms with van der Waals surface area (Å²) in [6.07, 6.45) is -3.77. The fraction of sp³-hybridized carbons (Fsp3) is 0.300. The van der Waals surface area contributed by atoms with Gasteiger partial charge in [0.25, 0.3) is 5.91 Å². The van der Waals surface area contributed by atoms with Crippen LogP contribution in [0, 0.1) is 0 Å². The fourth-order valence-electron chi connectivity index (χ4n) is 2.51. The van der Waals surface area contributed by atoms with Gasteiger partial charge in [0.2, 0.25) is 10.0 Å². The van der Waals surface area contributed by atoms with Crippen molar-refractivity contribution in [1.29, 1.82) is 0 Å². The number of hydrogen-bond donors (Lipinski definition) is 2. The van der Waals surface area contributed by atoms with E-state index in [4.69, 9.17) is 14.2 Å². The molecule has 0 unspecified atom stereocenters. The Bertz CT molecular complexity index is 1110. The summed E-state index contributed by atoms with van der Waals surface area (Å²) in [6, 6.07) is 8.07. The lowest BCUT2D eigenvalue weighted by Crippen LogP contribution is -2.22. The number of rotatable bonds is 10. The van der Waals surface area contributed by atoms with E-state index in [9.17, 15) is 31.2 Å². The topological polar surface area (TPSA) is 120 Å². The number of anilines is 2. The average Bonchev–Trinajstić information content (AvgIpc) is 2.71. The van der Waals surface area contributed by atoms with E-state index in [0.717, 1.165) is 18.4 Å². The number of benzene rings is 2. The second-order valence-electron chi connectivity index (χ2n) is 6.59. The Morgan fingerprint density at radius 3 is 2.36 bits per heavy atom. The Labute approximate surface area is 187 Å². The molecule has 2 aromatic carbocycles. The first-order chi connectivity index (χ1) is 15.4. The summed E-state index contributed by atoms with van der Waals surface area (Å²) in [6.45, 7) is -0.670. The molecular formula is C20H21F3N2O7S. The quantitative estimate of drug-likeness (QED) is 0.388. The number of para-hydroxylation sites is 1. The Kier molecular flexibility index (Phi) is 8.65. The highest BCUT2D eigenvalue weighted by Gasteiger charge is 2.31. The van der Waals surface area contributed by atoms with Crippen LogP contribution in [0.2, 0.25) is 0 Å². The molecule has 0 atom stereocenters. The van der Waals surface area contributed by atoms with Gasteiger partial charge in [-0.3, -0.25) is 9.52 Å². The highest BCUT2D eigenvalue weighted by atomic mass is 32.2. The third-order valence-corrected chi connectivity index (χ3v) is 4.49. The monoisotopic (exact) mass is 490 g/mol. The van der Waals surface area contributed by atoms with Gasteiger partial charge >= 0.3 is 12.1 Å². The Hall–Kier alpha value is -3.32. The number of hydrogen-bond acceptors (Lipinski definition) is 7. The van der Waals surface area contributed by atoms with Crippen LogP contribution in [0.5, 0.6) is 5.75 Å². The van der Waals surface area contributed by atoms with Crippen LogP contribution in [0.1, 0.15) is 15.9 Å². The summed E-state index contributed by atoms with van der Waals surface area (Å²) in [4.78, 5) is 24.6. The molecule has 0 bridgehead atoms. The standard InChI is InChI=1S/C20H21F3N2O7S/c1-30-9-10-31-17-8-7-13(20(21,22)23)11-16(17)24-18(26)12-32-19(27)14-5-3-4-6-15(14)25-33(2,28)29/h3-8,11,25H,9-10,12H2,1-2H3,(H,24,26). The average molecular weight is 490 g/mol. The van der Waals surface area contributed by atoms with Crippen molar-refractivity contribution in [2.75, 3.05) is 43.2 Å². The summed E-state index contributed by atoms with van der Waals surface area (Å²) < 4.78 is 79.2. The number of halogens is 3. The van der Waals surface area contributed by atoms with Gasteiger partial charge < -0.3 is 19.5 Å². The number of sulfonamides is 1. The van der Waals surface area contributed by atoms with E-state index in [1.165, 1.54) is 31.4 Å². The van der Waals surface area contributed by atoms with Crippen LogP contribution in [0.25, 0.3) is 0 Å². The van der Waals surface area contributed by atoms with Crippen LogP contribution in [0.15, 0.2) is 42.5 Å². The van der Waals surface area contributed by atoms with E-state index in [-0.39, 0.29) is 35.9 Å². The lowest BCUT2D eigenvalue weighted by Gasteiger charge is -2.15. The first-order valence-electron chi connectivity index (χ1n) is 9.27. The highest BCUT2D eigenvalue weighted by Crippen LogP contribution is 2.35. The van der Waals surface area contributed by atoms with E-state index in [1.54, 1.807) is 0 Å². The van der Waals surface area contributed by atoms with Crippen LogP contribution >= 0.6 is 0 Å². The number of methoxy groups -OCH3 is 1. The van der Waals surface area contributed by atoms with Gasteiger partial charge in [0.15, 0.2) is 6.61 Å². The Morgan fingerprint density at radius 2 is 1.73 bits per heavy atom. The lowest BCUT2D eigenvalue weighted by molar-refractivity contribution is -0.137. The van der Waals surface area contributed by atoms with Gasteiger partial charge in [0, 0.05) is 7.11 Å². The zero-order valence-electron chi connectivity index (χ0n) is 17.6. The maximum Gasteiger partial charge on any atom is 0.416 e. The van der Waals surface area contributed by atoms with E-state index in [0.29, 0.717) is 6.07 Å². The Balaban J connectivity index is 2.12. The Morgan fingerprint density at radius 1 is 1.03 bits per heavy atom. The van der Waals surface area contributed by atoms with Crippen LogP contribution in [-0.4, -0.2) is 53.5 Å². The van der Waals surface area contributed by atoms with Crippen molar-refractivity contribution in [2.45, 2.75) is 6.18 Å². The van der Waals surface area contributed by atoms with Crippen LogP contribution in [0.3, 0.4) is 0 Å². The first-order valence-corrected chi connectivity index (χ1v) is 11.2. The highest BCUT2D eigenvalue weighted by molar-refractivity contribution is 7.92. The van der Waals surface area contributed by atoms with Gasteiger partial charge in [0.1, 0.15) is 12.4 Å². The molecular weight excluding hydrogens is 469 g/mol. The number of amides is 1. The lowest BCUT2D eigenvalue weighted by atomic mass is 10.1. The number of alkyl halides is 3. The maximum absolute atomic E-state index is 13.0. The zero-order valence-corrected chi connectivity index (χ0v) is 18.4. The van der Waals surface area contributed by atoms with Crippen molar-refractivity contribution in [3.63, 3.8) is 0 Å². The second-order valence-corrected chi connectivity index (χ2v) is 8.34. The molecule has 33 heavy (non-hydrogen) atoms. The molecule has 0 aliphatic heterocycles. The van der Waals surface area contributed by atoms with Crippen LogP contribution in [0.4, 0.5) is 24.5 Å². The van der Waals surface area contributed by atoms with Gasteiger partial charge in [0.05, 0.1) is 35.4 Å². The van der Waals surface area contributed by atoms with E-state index >= 15 is 0 Å². The molecule has 0 saturated carbocycles. The van der Waals surface area contributed by atoms with Crippen molar-refractivity contribution < 1.29 is 45.4 Å². The summed E-state index contributed by atoms with van der Waals surface area (Å²) in [5.41, 5.74) is -1.51. The molecule has 0 heterocycles. The minimum Gasteiger partial charge on any atom is -0.489 e. The van der Waals surface area contributed by atoms with Crippen molar-refractivity contribution in [3.8, 4) is 5.75 Å². The molecule has 0 aliphatic rings. The van der Waals surface area contributed by atoms with Crippen LogP contribution in [-0.2, 0) is 30.5 Å². The maximum atomic E-state index is 13.0. The molecule has 0 aromatic heterocycles. The molecule has 0 radical (unpaired) electrons. The van der Waals surface area contributed by atoms with Gasteiger partial charge in [-0.05, 0) is 30.3 Å².